The summed E-state index contributed by atoms with van der Waals surface area (Å²) in [6.07, 6.45) is 7.24. The molecule has 7 rings (SSSR count). The smallest absolute Gasteiger partial charge is 0.246 e. The van der Waals surface area contributed by atoms with Gasteiger partial charge < -0.3 is 23.9 Å². The van der Waals surface area contributed by atoms with Gasteiger partial charge in [-0.05, 0) is 61.6 Å². The number of carbonyl (C=O) groups excluding carboxylic acids is 1. The lowest BCUT2D eigenvalue weighted by Gasteiger charge is -2.64. The predicted molar refractivity (Wildman–Crippen MR) is 150 cm³/mol. The fraction of sp³-hybridized carbons (Fsp3) is 0.387. The zero-order chi connectivity index (χ0) is 28.6. The van der Waals surface area contributed by atoms with Crippen molar-refractivity contribution in [3.8, 4) is 11.5 Å². The van der Waals surface area contributed by atoms with Gasteiger partial charge in [0.25, 0.3) is 0 Å². The second kappa shape index (κ2) is 9.20. The molecule has 1 saturated heterocycles. The molecule has 0 unspecified atom stereocenters. The first kappa shape index (κ1) is 26.3. The largest absolute Gasteiger partial charge is 0.493 e. The number of aliphatic hydroxyl groups is 1. The van der Waals surface area contributed by atoms with Crippen molar-refractivity contribution >= 4 is 22.0 Å². The Morgan fingerprint density at radius 1 is 1.17 bits per heavy atom. The number of furan rings is 1. The van der Waals surface area contributed by atoms with Gasteiger partial charge in [-0.15, -0.1) is 0 Å². The van der Waals surface area contributed by atoms with Crippen LogP contribution < -0.4 is 9.47 Å². The first-order valence-corrected chi connectivity index (χ1v) is 15.3. The summed E-state index contributed by atoms with van der Waals surface area (Å²) in [6.45, 7) is 0.227. The fourth-order valence-corrected chi connectivity index (χ4v) is 9.55. The molecule has 2 aliphatic carbocycles. The fourth-order valence-electron chi connectivity index (χ4n) is 7.86. The highest BCUT2D eigenvalue weighted by atomic mass is 32.2. The molecule has 2 aromatic carbocycles. The van der Waals surface area contributed by atoms with Gasteiger partial charge in [0.1, 0.15) is 6.10 Å². The maximum absolute atomic E-state index is 13.9. The topological polar surface area (TPSA) is 110 Å². The van der Waals surface area contributed by atoms with Gasteiger partial charge in [-0.3, -0.25) is 4.79 Å². The van der Waals surface area contributed by atoms with Crippen LogP contribution in [-0.2, 0) is 26.7 Å². The molecule has 2 fully saturated rings. The number of hydrogen-bond acceptors (Lipinski definition) is 7. The normalized spacial score (nSPS) is 30.1. The summed E-state index contributed by atoms with van der Waals surface area (Å²) < 4.78 is 46.9. The Labute approximate surface area is 239 Å². The number of benzene rings is 2. The van der Waals surface area contributed by atoms with Crippen LogP contribution in [0.15, 0.2) is 76.4 Å². The van der Waals surface area contributed by atoms with Gasteiger partial charge >= 0.3 is 0 Å². The molecule has 1 N–H and O–H groups in total. The van der Waals surface area contributed by atoms with E-state index in [2.05, 4.69) is 0 Å². The number of rotatable bonds is 6. The third-order valence-electron chi connectivity index (χ3n) is 9.74. The van der Waals surface area contributed by atoms with Crippen LogP contribution in [0.2, 0.25) is 0 Å². The number of sulfonamides is 1. The zero-order valence-corrected chi connectivity index (χ0v) is 23.7. The first-order chi connectivity index (χ1) is 19.7. The number of ether oxygens (including phenoxy) is 2. The van der Waals surface area contributed by atoms with Gasteiger partial charge in [0.15, 0.2) is 11.5 Å². The number of likely N-dealkylation sites (N-methyl/N-ethyl adjacent to an activating group) is 1. The summed E-state index contributed by atoms with van der Waals surface area (Å²) in [5.74, 6) is 0.967. The first-order valence-electron chi connectivity index (χ1n) is 13.9. The van der Waals surface area contributed by atoms with Gasteiger partial charge in [-0.25, -0.2) is 8.42 Å². The Morgan fingerprint density at radius 2 is 1.98 bits per heavy atom. The molecule has 2 aliphatic heterocycles. The predicted octanol–water partition coefficient (Wildman–Crippen LogP) is 3.37. The Hall–Kier alpha value is -3.60. The van der Waals surface area contributed by atoms with Crippen molar-refractivity contribution in [1.82, 2.24) is 9.21 Å². The van der Waals surface area contributed by atoms with Crippen LogP contribution in [0.5, 0.6) is 11.5 Å². The lowest BCUT2D eigenvalue weighted by molar-refractivity contribution is -0.186. The summed E-state index contributed by atoms with van der Waals surface area (Å²) >= 11 is 0. The molecule has 2 bridgehead atoms. The van der Waals surface area contributed by atoms with Gasteiger partial charge in [-0.1, -0.05) is 24.3 Å². The molecule has 1 aromatic heterocycles. The molecule has 214 valence electrons. The van der Waals surface area contributed by atoms with Gasteiger partial charge in [0.05, 0.1) is 47.6 Å². The van der Waals surface area contributed by atoms with E-state index >= 15 is 0 Å². The molecule has 3 heterocycles. The molecule has 3 aromatic rings. The second-order valence-electron chi connectivity index (χ2n) is 11.4. The molecule has 5 atom stereocenters. The quantitative estimate of drug-likeness (QED) is 0.448. The van der Waals surface area contributed by atoms with Crippen molar-refractivity contribution in [2.75, 3.05) is 20.7 Å². The van der Waals surface area contributed by atoms with Crippen LogP contribution in [0.3, 0.4) is 0 Å². The Bertz CT molecular complexity index is 1640. The maximum atomic E-state index is 13.9. The van der Waals surface area contributed by atoms with Crippen LogP contribution in [-0.4, -0.2) is 73.1 Å². The summed E-state index contributed by atoms with van der Waals surface area (Å²) in [6, 6.07) is 12.9. The van der Waals surface area contributed by atoms with E-state index in [0.717, 1.165) is 16.7 Å². The SMILES string of the molecule is COc1ccc2c3c1O[C@H]1[C@H](N(C)C(=O)/C=C\c4ccoc4)CC[C@@]4(O)[C@@H](C2)N(S(=O)(=O)c2ccccc2)CC[C@]314. The van der Waals surface area contributed by atoms with Gasteiger partial charge in [0.2, 0.25) is 15.9 Å². The van der Waals surface area contributed by atoms with Crippen molar-refractivity contribution in [3.63, 3.8) is 0 Å². The van der Waals surface area contributed by atoms with E-state index in [1.54, 1.807) is 74.1 Å². The van der Waals surface area contributed by atoms with Crippen LogP contribution in [0.4, 0.5) is 0 Å². The Balaban J connectivity index is 1.32. The molecule has 9 nitrogen and oxygen atoms in total. The average molecular weight is 577 g/mol. The van der Waals surface area contributed by atoms with Crippen molar-refractivity contribution in [1.29, 1.82) is 0 Å². The highest BCUT2D eigenvalue weighted by molar-refractivity contribution is 7.89. The highest BCUT2D eigenvalue weighted by Gasteiger charge is 2.74. The van der Waals surface area contributed by atoms with E-state index in [0.29, 0.717) is 37.2 Å². The maximum Gasteiger partial charge on any atom is 0.246 e. The second-order valence-corrected chi connectivity index (χ2v) is 13.3. The highest BCUT2D eigenvalue weighted by Crippen LogP contribution is 2.66. The van der Waals surface area contributed by atoms with E-state index in [4.69, 9.17) is 13.9 Å². The molecule has 4 aliphatic rings. The molecule has 1 amide bonds. The van der Waals surface area contributed by atoms with Crippen molar-refractivity contribution in [2.45, 2.75) is 59.8 Å². The van der Waals surface area contributed by atoms with E-state index in [-0.39, 0.29) is 23.4 Å². The molecular formula is C31H32N2O7S. The van der Waals surface area contributed by atoms with E-state index in [9.17, 15) is 18.3 Å². The average Bonchev–Trinajstić information content (AvgIpc) is 3.62. The van der Waals surface area contributed by atoms with E-state index < -0.39 is 33.2 Å². The van der Waals surface area contributed by atoms with E-state index in [1.165, 1.54) is 10.4 Å². The summed E-state index contributed by atoms with van der Waals surface area (Å²) in [5.41, 5.74) is 0.334. The zero-order valence-electron chi connectivity index (χ0n) is 22.9. The van der Waals surface area contributed by atoms with Crippen LogP contribution in [0.1, 0.15) is 36.0 Å². The lowest BCUT2D eigenvalue weighted by atomic mass is 9.48. The van der Waals surface area contributed by atoms with Crippen molar-refractivity contribution in [3.05, 3.63) is 83.8 Å². The lowest BCUT2D eigenvalue weighted by Crippen LogP contribution is -2.78. The van der Waals surface area contributed by atoms with Crippen LogP contribution >= 0.6 is 0 Å². The molecule has 1 spiro atoms. The van der Waals surface area contributed by atoms with Gasteiger partial charge in [-0.2, -0.15) is 4.31 Å². The third kappa shape index (κ3) is 3.53. The van der Waals surface area contributed by atoms with Crippen molar-refractivity contribution < 1.29 is 32.2 Å². The van der Waals surface area contributed by atoms with Gasteiger partial charge in [0, 0.05) is 30.8 Å². The minimum Gasteiger partial charge on any atom is -0.493 e. The minimum absolute atomic E-state index is 0.193. The summed E-state index contributed by atoms with van der Waals surface area (Å²) in [7, 11) is -0.524. The Morgan fingerprint density at radius 3 is 2.71 bits per heavy atom. The monoisotopic (exact) mass is 576 g/mol. The summed E-state index contributed by atoms with van der Waals surface area (Å²) in [5, 5.41) is 12.8. The number of carbonyl (C=O) groups is 1. The summed E-state index contributed by atoms with van der Waals surface area (Å²) in [4.78, 5) is 15.3. The van der Waals surface area contributed by atoms with E-state index in [1.807, 2.05) is 12.1 Å². The van der Waals surface area contributed by atoms with Crippen LogP contribution in [0, 0.1) is 0 Å². The van der Waals surface area contributed by atoms with Crippen LogP contribution in [0.25, 0.3) is 6.08 Å². The number of nitrogens with zero attached hydrogens (tertiary/aromatic N) is 2. The molecule has 10 heteroatoms. The molecule has 0 radical (unpaired) electrons. The van der Waals surface area contributed by atoms with Crippen molar-refractivity contribution in [2.24, 2.45) is 0 Å². The molecular weight excluding hydrogens is 544 g/mol. The number of methoxy groups -OCH3 is 1. The number of amides is 1. The third-order valence-corrected chi connectivity index (χ3v) is 11.7. The standard InChI is InChI=1S/C31H32N2O7S/c1-32(26(34)11-8-20-13-17-39-19-20)23-12-14-31(35)25-18-21-9-10-24(38-2)28-27(21)30(31,29(23)40-28)15-16-33(25)41(36,37)22-6-4-3-5-7-22/h3-11,13,17,19,23,25,29,35H,12,14-16,18H2,1-2H3/b11-8-/t23-,25-,29+,30+,31-/m1/s1. The minimum atomic E-state index is -3.87. The molecule has 1 saturated carbocycles. The number of piperidine rings is 1. The molecule has 41 heavy (non-hydrogen) atoms. The Kier molecular flexibility index (Phi) is 5.91. The number of hydrogen-bond donors (Lipinski definition) is 1.